The minimum Gasteiger partial charge on any atom is -0.468 e. The molecule has 8 aliphatic carbocycles. The molecule has 8 nitrogen and oxygen atoms in total. The topological polar surface area (TPSA) is 127 Å². The molecule has 6 saturated carbocycles. The standard InChI is InChI=1S/2C20H28O4/c1-9-5-6-10(2)20(19(23)24-4)17(9)11(3)15-13-7-12(8-14(13)21)16(15)18(20)22;1-9-5-6-10(2)20(19(23)24-4)17(9)11(3)15-12-7-13(14(21)8-12)16(15)18(20)22/h2*5-6,9-17,21H,7-8H2,1-4H3/t9-,10+,11+,12+,13-,14?,15?,16?,17?,20?;9-,10+,11+,12-,13+,14?,15?,16?,17?,20?/m00/s1. The summed E-state index contributed by atoms with van der Waals surface area (Å²) in [4.78, 5) is 53.4. The van der Waals surface area contributed by atoms with Gasteiger partial charge < -0.3 is 19.7 Å². The second kappa shape index (κ2) is 11.6. The van der Waals surface area contributed by atoms with Crippen LogP contribution in [0.1, 0.15) is 67.2 Å². The van der Waals surface area contributed by atoms with Gasteiger partial charge >= 0.3 is 11.9 Å². The Kier molecular flexibility index (Phi) is 8.26. The predicted molar refractivity (Wildman–Crippen MR) is 178 cm³/mol. The monoisotopic (exact) mass is 664 g/mol. The summed E-state index contributed by atoms with van der Waals surface area (Å²) >= 11 is 0. The zero-order valence-corrected chi connectivity index (χ0v) is 29.9. The Labute approximate surface area is 285 Å². The minimum absolute atomic E-state index is 0.00445. The molecule has 6 fully saturated rings. The van der Waals surface area contributed by atoms with E-state index in [1.54, 1.807) is 0 Å². The van der Waals surface area contributed by atoms with E-state index in [0.717, 1.165) is 19.3 Å². The third-order valence-corrected chi connectivity index (χ3v) is 15.9. The van der Waals surface area contributed by atoms with E-state index in [-0.39, 0.29) is 119 Å². The lowest BCUT2D eigenvalue weighted by atomic mass is 9.44. The van der Waals surface area contributed by atoms with Crippen molar-refractivity contribution >= 4 is 23.5 Å². The third kappa shape index (κ3) is 4.08. The summed E-state index contributed by atoms with van der Waals surface area (Å²) < 4.78 is 10.4. The van der Waals surface area contributed by atoms with Crippen LogP contribution in [-0.2, 0) is 28.7 Å². The fraction of sp³-hybridized carbons (Fsp3) is 0.800. The molecule has 0 saturated heterocycles. The lowest BCUT2D eigenvalue weighted by molar-refractivity contribution is -0.185. The average molecular weight is 665 g/mol. The quantitative estimate of drug-likeness (QED) is 0.242. The van der Waals surface area contributed by atoms with Gasteiger partial charge in [-0.3, -0.25) is 19.2 Å². The van der Waals surface area contributed by atoms with E-state index in [1.807, 2.05) is 26.0 Å². The first kappa shape index (κ1) is 34.1. The Hall–Kier alpha value is -2.32. The Balaban J connectivity index is 0.000000152. The van der Waals surface area contributed by atoms with Crippen molar-refractivity contribution in [3.05, 3.63) is 24.3 Å². The zero-order chi connectivity index (χ0) is 34.8. The van der Waals surface area contributed by atoms with Gasteiger partial charge in [-0.2, -0.15) is 0 Å². The van der Waals surface area contributed by atoms with E-state index >= 15 is 0 Å². The number of methoxy groups -OCH3 is 2. The van der Waals surface area contributed by atoms with Gasteiger partial charge in [0.15, 0.2) is 11.6 Å². The highest BCUT2D eigenvalue weighted by atomic mass is 16.5. The number of fused-ring (bicyclic) bond motifs is 12. The van der Waals surface area contributed by atoms with Crippen LogP contribution in [-0.4, -0.2) is 60.1 Å². The van der Waals surface area contributed by atoms with Crippen LogP contribution in [0.2, 0.25) is 0 Å². The summed E-state index contributed by atoms with van der Waals surface area (Å²) in [5.41, 5.74) is -2.12. The number of ether oxygens (including phenoxy) is 2. The predicted octanol–water partition coefficient (Wildman–Crippen LogP) is 4.91. The minimum atomic E-state index is -1.08. The van der Waals surface area contributed by atoms with Crippen molar-refractivity contribution in [3.8, 4) is 0 Å². The van der Waals surface area contributed by atoms with Crippen molar-refractivity contribution in [3.63, 3.8) is 0 Å². The summed E-state index contributed by atoms with van der Waals surface area (Å²) in [5.74, 6) is 1.18. The molecule has 0 spiro atoms. The maximum atomic E-state index is 13.8. The summed E-state index contributed by atoms with van der Waals surface area (Å²) in [5, 5.41) is 20.8. The molecule has 20 atom stereocenters. The summed E-state index contributed by atoms with van der Waals surface area (Å²) in [6.07, 6.45) is 11.1. The average Bonchev–Trinajstić information content (AvgIpc) is 3.83. The van der Waals surface area contributed by atoms with Crippen LogP contribution in [0, 0.1) is 106 Å². The van der Waals surface area contributed by atoms with Gasteiger partial charge in [0.25, 0.3) is 0 Å². The smallest absolute Gasteiger partial charge is 0.320 e. The number of esters is 2. The van der Waals surface area contributed by atoms with Crippen LogP contribution >= 0.6 is 0 Å². The molecule has 2 N–H and O–H groups in total. The van der Waals surface area contributed by atoms with E-state index < -0.39 is 10.8 Å². The van der Waals surface area contributed by atoms with Gasteiger partial charge in [-0.25, -0.2) is 0 Å². The highest BCUT2D eigenvalue weighted by Gasteiger charge is 2.73. The Morgan fingerprint density at radius 3 is 1.58 bits per heavy atom. The van der Waals surface area contributed by atoms with E-state index in [9.17, 15) is 29.4 Å². The van der Waals surface area contributed by atoms with Crippen molar-refractivity contribution in [1.29, 1.82) is 0 Å². The Morgan fingerprint density at radius 1 is 0.625 bits per heavy atom. The molecule has 0 aromatic carbocycles. The molecular formula is C40H56O8. The molecule has 48 heavy (non-hydrogen) atoms. The second-order valence-corrected chi connectivity index (χ2v) is 17.4. The van der Waals surface area contributed by atoms with Crippen molar-refractivity contribution in [1.82, 2.24) is 0 Å². The van der Waals surface area contributed by atoms with Crippen molar-refractivity contribution in [2.75, 3.05) is 14.2 Å². The van der Waals surface area contributed by atoms with Gasteiger partial charge in [0.05, 0.1) is 26.4 Å². The molecule has 0 aromatic heterocycles. The Morgan fingerprint density at radius 2 is 1.06 bits per heavy atom. The molecule has 0 aromatic rings. The van der Waals surface area contributed by atoms with Crippen LogP contribution in [0.15, 0.2) is 24.3 Å². The molecule has 8 aliphatic rings. The van der Waals surface area contributed by atoms with Crippen LogP contribution in [0.4, 0.5) is 0 Å². The number of ketones is 2. The second-order valence-electron chi connectivity index (χ2n) is 17.4. The SMILES string of the molecule is COC(=O)C12C(=O)C3C([C@@H](C)C1[C@@H](C)C=C[C@H]2C)[C@H]1C[C@@H]3CC1O.COC(=O)C12C(=O)C3C([C@@H]4CC(O)[C@H]3C4)[C@@H](C)C1[C@@H](C)C=C[C@H]2C. The number of Topliss-reactive ketones (excluding diaryl/α,β-unsaturated/α-hetero) is 2. The van der Waals surface area contributed by atoms with Crippen molar-refractivity contribution in [2.45, 2.75) is 79.4 Å². The van der Waals surface area contributed by atoms with Crippen LogP contribution in [0.5, 0.6) is 0 Å². The molecular weight excluding hydrogens is 608 g/mol. The molecule has 4 bridgehead atoms. The number of hydrogen-bond donors (Lipinski definition) is 2. The number of hydrogen-bond acceptors (Lipinski definition) is 8. The molecule has 0 aliphatic heterocycles. The number of aliphatic hydroxyl groups excluding tert-OH is 2. The molecule has 0 radical (unpaired) electrons. The molecule has 8 rings (SSSR count). The normalized spacial score (nSPS) is 55.2. The molecule has 264 valence electrons. The highest BCUT2D eigenvalue weighted by molar-refractivity contribution is 6.08. The van der Waals surface area contributed by atoms with E-state index in [1.165, 1.54) is 14.2 Å². The van der Waals surface area contributed by atoms with E-state index in [0.29, 0.717) is 18.3 Å². The summed E-state index contributed by atoms with van der Waals surface area (Å²) in [7, 11) is 2.79. The lowest BCUT2D eigenvalue weighted by Crippen LogP contribution is -2.64. The van der Waals surface area contributed by atoms with Crippen molar-refractivity contribution in [2.24, 2.45) is 106 Å². The number of carbonyl (C=O) groups is 4. The maximum Gasteiger partial charge on any atom is 0.320 e. The van der Waals surface area contributed by atoms with E-state index in [4.69, 9.17) is 9.47 Å². The van der Waals surface area contributed by atoms with E-state index in [2.05, 4.69) is 39.8 Å². The van der Waals surface area contributed by atoms with Crippen LogP contribution in [0.25, 0.3) is 0 Å². The maximum absolute atomic E-state index is 13.8. The first-order chi connectivity index (χ1) is 22.7. The number of rotatable bonds is 2. The van der Waals surface area contributed by atoms with Crippen LogP contribution in [0.3, 0.4) is 0 Å². The van der Waals surface area contributed by atoms with Gasteiger partial charge in [-0.1, -0.05) is 65.8 Å². The highest BCUT2D eigenvalue weighted by Crippen LogP contribution is 2.68. The first-order valence-electron chi connectivity index (χ1n) is 18.7. The summed E-state index contributed by atoms with van der Waals surface area (Å²) in [6, 6.07) is 0. The molecule has 0 heterocycles. The van der Waals surface area contributed by atoms with Crippen LogP contribution < -0.4 is 0 Å². The zero-order valence-electron chi connectivity index (χ0n) is 29.9. The molecule has 0 amide bonds. The number of aliphatic hydroxyl groups is 2. The molecule has 8 heteroatoms. The van der Waals surface area contributed by atoms with Crippen molar-refractivity contribution < 1.29 is 38.9 Å². The fourth-order valence-electron chi connectivity index (χ4n) is 14.4. The Bertz CT molecular complexity index is 1430. The number of allylic oxidation sites excluding steroid dienone is 4. The fourth-order valence-corrected chi connectivity index (χ4v) is 14.4. The largest absolute Gasteiger partial charge is 0.468 e. The number of carbonyl (C=O) groups excluding carboxylic acids is 4. The van der Waals surface area contributed by atoms with Gasteiger partial charge in [0.2, 0.25) is 0 Å². The van der Waals surface area contributed by atoms with Gasteiger partial charge in [-0.05, 0) is 109 Å². The molecule has 10 unspecified atom stereocenters. The van der Waals surface area contributed by atoms with Gasteiger partial charge in [0.1, 0.15) is 10.8 Å². The van der Waals surface area contributed by atoms with Gasteiger partial charge in [-0.15, -0.1) is 0 Å². The first-order valence-corrected chi connectivity index (χ1v) is 18.7. The summed E-state index contributed by atoms with van der Waals surface area (Å²) in [6.45, 7) is 12.6. The lowest BCUT2D eigenvalue weighted by Gasteiger charge is -2.57. The third-order valence-electron chi connectivity index (χ3n) is 15.9. The van der Waals surface area contributed by atoms with Gasteiger partial charge in [0, 0.05) is 11.8 Å².